The Balaban J connectivity index is 1.35. The number of para-hydroxylation sites is 1. The number of aromatic nitrogens is 4. The summed E-state index contributed by atoms with van der Waals surface area (Å²) in [5, 5.41) is 5.31. The van der Waals surface area contributed by atoms with Gasteiger partial charge in [-0.2, -0.15) is 5.10 Å². The second-order valence-electron chi connectivity index (χ2n) is 7.35. The zero-order valence-electron chi connectivity index (χ0n) is 16.9. The van der Waals surface area contributed by atoms with Gasteiger partial charge in [-0.05, 0) is 31.2 Å². The van der Waals surface area contributed by atoms with Crippen LogP contribution in [0.15, 0.2) is 59.5 Å². The first kappa shape index (κ1) is 19.4. The summed E-state index contributed by atoms with van der Waals surface area (Å²) in [5.74, 6) is -0.333. The number of hydrogen-bond acceptors (Lipinski definition) is 7. The first-order valence-corrected chi connectivity index (χ1v) is 10.8. The maximum absolute atomic E-state index is 13.1. The van der Waals surface area contributed by atoms with E-state index in [4.69, 9.17) is 0 Å². The van der Waals surface area contributed by atoms with E-state index in [0.29, 0.717) is 31.9 Å². The molecule has 0 saturated carbocycles. The summed E-state index contributed by atoms with van der Waals surface area (Å²) in [6.45, 7) is 4.10. The third kappa shape index (κ3) is 3.68. The highest BCUT2D eigenvalue weighted by atomic mass is 32.1. The number of nitrogens with zero attached hydrogens (tertiary/aromatic N) is 6. The molecular formula is C22H20N6O2S. The number of benzene rings is 1. The molecule has 1 aromatic carbocycles. The first-order valence-electron chi connectivity index (χ1n) is 10.0. The molecule has 1 saturated heterocycles. The number of aryl methyl sites for hydroxylation is 1. The van der Waals surface area contributed by atoms with Crippen LogP contribution in [0.1, 0.15) is 16.2 Å². The van der Waals surface area contributed by atoms with Gasteiger partial charge < -0.3 is 9.80 Å². The molecule has 1 aliphatic rings. The van der Waals surface area contributed by atoms with Crippen LogP contribution in [0.3, 0.4) is 0 Å². The molecule has 0 bridgehead atoms. The summed E-state index contributed by atoms with van der Waals surface area (Å²) in [7, 11) is 0. The quantitative estimate of drug-likeness (QED) is 0.495. The maximum Gasteiger partial charge on any atom is 0.278 e. The van der Waals surface area contributed by atoms with Gasteiger partial charge in [-0.15, -0.1) is 0 Å². The zero-order chi connectivity index (χ0) is 21.4. The average molecular weight is 433 g/mol. The van der Waals surface area contributed by atoms with Crippen molar-refractivity contribution in [1.29, 1.82) is 0 Å². The van der Waals surface area contributed by atoms with Gasteiger partial charge in [0.2, 0.25) is 5.43 Å². The lowest BCUT2D eigenvalue weighted by Gasteiger charge is -2.34. The molecule has 0 N–H and O–H groups in total. The van der Waals surface area contributed by atoms with E-state index in [2.05, 4.69) is 20.0 Å². The SMILES string of the molecule is Cc1cc(=O)c(C(=O)N2CCN(c3nc4cccnc4s3)CC2)nn1-c1ccccc1. The van der Waals surface area contributed by atoms with Gasteiger partial charge in [-0.25, -0.2) is 14.6 Å². The highest BCUT2D eigenvalue weighted by Crippen LogP contribution is 2.27. The fourth-order valence-electron chi connectivity index (χ4n) is 3.67. The molecule has 0 spiro atoms. The predicted molar refractivity (Wildman–Crippen MR) is 120 cm³/mol. The minimum absolute atomic E-state index is 0.0490. The zero-order valence-corrected chi connectivity index (χ0v) is 17.7. The largest absolute Gasteiger partial charge is 0.344 e. The van der Waals surface area contributed by atoms with Gasteiger partial charge in [-0.1, -0.05) is 29.5 Å². The number of carbonyl (C=O) groups excluding carboxylic acids is 1. The summed E-state index contributed by atoms with van der Waals surface area (Å²) in [6.07, 6.45) is 1.76. The van der Waals surface area contributed by atoms with Crippen LogP contribution in [-0.4, -0.2) is 56.7 Å². The molecule has 4 heterocycles. The highest BCUT2D eigenvalue weighted by Gasteiger charge is 2.27. The fraction of sp³-hybridized carbons (Fsp3) is 0.227. The number of fused-ring (bicyclic) bond motifs is 1. The Hall–Kier alpha value is -3.59. The van der Waals surface area contributed by atoms with Gasteiger partial charge in [0.05, 0.1) is 5.69 Å². The Morgan fingerprint density at radius 2 is 1.81 bits per heavy atom. The molecule has 9 heteroatoms. The highest BCUT2D eigenvalue weighted by molar-refractivity contribution is 7.21. The number of thiazole rings is 1. The van der Waals surface area contributed by atoms with Crippen molar-refractivity contribution in [2.24, 2.45) is 0 Å². The van der Waals surface area contributed by atoms with E-state index < -0.39 is 0 Å². The van der Waals surface area contributed by atoms with E-state index in [9.17, 15) is 9.59 Å². The van der Waals surface area contributed by atoms with E-state index in [-0.39, 0.29) is 17.0 Å². The lowest BCUT2D eigenvalue weighted by atomic mass is 10.2. The number of anilines is 1. The number of rotatable bonds is 3. The monoisotopic (exact) mass is 432 g/mol. The van der Waals surface area contributed by atoms with Crippen LogP contribution in [-0.2, 0) is 0 Å². The van der Waals surface area contributed by atoms with Gasteiger partial charge in [0, 0.05) is 44.1 Å². The Kier molecular flexibility index (Phi) is 4.95. The third-order valence-electron chi connectivity index (χ3n) is 5.30. The van der Waals surface area contributed by atoms with E-state index in [1.807, 2.05) is 42.5 Å². The molecule has 3 aromatic heterocycles. The molecule has 156 valence electrons. The minimum atomic E-state index is -0.352. The van der Waals surface area contributed by atoms with Crippen molar-refractivity contribution in [3.63, 3.8) is 0 Å². The van der Waals surface area contributed by atoms with Crippen molar-refractivity contribution in [3.05, 3.63) is 76.3 Å². The number of amides is 1. The van der Waals surface area contributed by atoms with Crippen molar-refractivity contribution in [2.75, 3.05) is 31.1 Å². The predicted octanol–water partition coefficient (Wildman–Crippen LogP) is 2.51. The van der Waals surface area contributed by atoms with Crippen LogP contribution in [0.4, 0.5) is 5.13 Å². The van der Waals surface area contributed by atoms with Gasteiger partial charge in [-0.3, -0.25) is 9.59 Å². The second-order valence-corrected chi connectivity index (χ2v) is 8.31. The van der Waals surface area contributed by atoms with Crippen molar-refractivity contribution in [3.8, 4) is 5.69 Å². The normalized spacial score (nSPS) is 14.2. The van der Waals surface area contributed by atoms with Gasteiger partial charge in [0.25, 0.3) is 5.91 Å². The molecule has 0 aliphatic carbocycles. The van der Waals surface area contributed by atoms with Crippen LogP contribution in [0.25, 0.3) is 16.0 Å². The van der Waals surface area contributed by atoms with Gasteiger partial charge in [0.15, 0.2) is 10.8 Å². The average Bonchev–Trinajstić information content (AvgIpc) is 3.24. The minimum Gasteiger partial charge on any atom is -0.344 e. The smallest absolute Gasteiger partial charge is 0.278 e. The van der Waals surface area contributed by atoms with Crippen molar-refractivity contribution in [1.82, 2.24) is 24.6 Å². The van der Waals surface area contributed by atoms with E-state index in [1.165, 1.54) is 6.07 Å². The fourth-order valence-corrected chi connectivity index (χ4v) is 4.63. The third-order valence-corrected chi connectivity index (χ3v) is 6.34. The molecule has 8 nitrogen and oxygen atoms in total. The van der Waals surface area contributed by atoms with Crippen LogP contribution >= 0.6 is 11.3 Å². The van der Waals surface area contributed by atoms with Crippen LogP contribution in [0, 0.1) is 6.92 Å². The van der Waals surface area contributed by atoms with Crippen molar-refractivity contribution >= 4 is 32.7 Å². The van der Waals surface area contributed by atoms with E-state index >= 15 is 0 Å². The van der Waals surface area contributed by atoms with Gasteiger partial charge >= 0.3 is 0 Å². The molecule has 0 radical (unpaired) electrons. The van der Waals surface area contributed by atoms with Crippen molar-refractivity contribution in [2.45, 2.75) is 6.92 Å². The standard InChI is InChI=1S/C22H20N6O2S/c1-15-14-18(29)19(25-28(15)16-6-3-2-4-7-16)21(30)26-10-12-27(13-11-26)22-24-17-8-5-9-23-20(17)31-22/h2-9,14H,10-13H2,1H3. The lowest BCUT2D eigenvalue weighted by molar-refractivity contribution is 0.0737. The Morgan fingerprint density at radius 3 is 2.55 bits per heavy atom. The summed E-state index contributed by atoms with van der Waals surface area (Å²) >= 11 is 1.55. The van der Waals surface area contributed by atoms with Crippen LogP contribution < -0.4 is 10.3 Å². The number of hydrogen-bond donors (Lipinski definition) is 0. The Morgan fingerprint density at radius 1 is 1.03 bits per heavy atom. The Bertz CT molecular complexity index is 1280. The van der Waals surface area contributed by atoms with Crippen LogP contribution in [0.2, 0.25) is 0 Å². The van der Waals surface area contributed by atoms with Crippen LogP contribution in [0.5, 0.6) is 0 Å². The maximum atomic E-state index is 13.1. The molecule has 1 fully saturated rings. The summed E-state index contributed by atoms with van der Waals surface area (Å²) in [5.41, 5.74) is 1.97. The summed E-state index contributed by atoms with van der Waals surface area (Å²) in [4.78, 5) is 39.4. The summed E-state index contributed by atoms with van der Waals surface area (Å²) < 4.78 is 1.64. The van der Waals surface area contributed by atoms with E-state index in [0.717, 1.165) is 21.2 Å². The lowest BCUT2D eigenvalue weighted by Crippen LogP contribution is -2.50. The summed E-state index contributed by atoms with van der Waals surface area (Å²) in [6, 6.07) is 14.8. The topological polar surface area (TPSA) is 84.2 Å². The first-order chi connectivity index (χ1) is 15.1. The molecule has 5 rings (SSSR count). The second kappa shape index (κ2) is 7.92. The molecule has 31 heavy (non-hydrogen) atoms. The molecule has 0 atom stereocenters. The van der Waals surface area contributed by atoms with Gasteiger partial charge in [0.1, 0.15) is 10.3 Å². The number of carbonyl (C=O) groups is 1. The molecule has 1 amide bonds. The molecule has 4 aromatic rings. The van der Waals surface area contributed by atoms with Crippen molar-refractivity contribution < 1.29 is 4.79 Å². The number of piperazine rings is 1. The van der Waals surface area contributed by atoms with E-state index in [1.54, 1.807) is 34.0 Å². The molecule has 1 aliphatic heterocycles. The Labute approximate surface area is 182 Å². The number of pyridine rings is 1. The molecular weight excluding hydrogens is 412 g/mol. The molecule has 0 unspecified atom stereocenters.